The monoisotopic (exact) mass is 816 g/mol. The van der Waals surface area contributed by atoms with Crippen LogP contribution in [0.2, 0.25) is 0 Å². The summed E-state index contributed by atoms with van der Waals surface area (Å²) in [5.41, 5.74) is -1.94. The highest BCUT2D eigenvalue weighted by Crippen LogP contribution is 2.71. The fourth-order valence-corrected chi connectivity index (χ4v) is 11.7. The first-order valence-corrected chi connectivity index (χ1v) is 17.2. The highest BCUT2D eigenvalue weighted by atomic mass is 32.2. The molecule has 1 heterocycles. The van der Waals surface area contributed by atoms with Crippen molar-refractivity contribution in [2.24, 2.45) is 23.7 Å². The lowest BCUT2D eigenvalue weighted by molar-refractivity contribution is -0.281. The molecule has 1 spiro atoms. The molecule has 1 saturated heterocycles. The minimum absolute atomic E-state index is 0.171. The number of esters is 3. The van der Waals surface area contributed by atoms with E-state index >= 15 is 0 Å². The molecule has 50 heavy (non-hydrogen) atoms. The molecule has 5 fully saturated rings. The van der Waals surface area contributed by atoms with Crippen LogP contribution in [0.5, 0.6) is 0 Å². The van der Waals surface area contributed by atoms with Gasteiger partial charge < -0.3 is 14.2 Å². The van der Waals surface area contributed by atoms with E-state index in [1.807, 2.05) is 0 Å². The van der Waals surface area contributed by atoms with Crippen molar-refractivity contribution < 1.29 is 103 Å². The molecule has 26 heteroatoms. The lowest BCUT2D eigenvalue weighted by atomic mass is 9.53. The number of rotatable bonds is 9. The maximum atomic E-state index is 14.7. The Kier molecular flexibility index (Phi) is 10.3. The Hall–Kier alpha value is -1.96. The summed E-state index contributed by atoms with van der Waals surface area (Å²) in [6.45, 7) is -2.66. The molecule has 5 rings (SSSR count). The van der Waals surface area contributed by atoms with Crippen molar-refractivity contribution in [3.8, 4) is 0 Å². The zero-order valence-electron chi connectivity index (χ0n) is 24.3. The topological polar surface area (TPSA) is 133 Å². The largest absolute Gasteiger partial charge is 0.465 e. The lowest BCUT2D eigenvalue weighted by Crippen LogP contribution is -2.65. The van der Waals surface area contributed by atoms with Crippen molar-refractivity contribution in [3.63, 3.8) is 0 Å². The molecule has 5 aliphatic rings. The summed E-state index contributed by atoms with van der Waals surface area (Å²) in [6, 6.07) is 0. The Labute approximate surface area is 279 Å². The summed E-state index contributed by atoms with van der Waals surface area (Å²) in [4.78, 5) is 35.7. The Balaban J connectivity index is 1.59. The van der Waals surface area contributed by atoms with E-state index in [4.69, 9.17) is 9.29 Å². The average Bonchev–Trinajstić information content (AvgIpc) is 2.94. The number of thioether (sulfide) groups is 2. The first-order chi connectivity index (χ1) is 22.3. The van der Waals surface area contributed by atoms with Gasteiger partial charge in [-0.15, -0.1) is 23.5 Å². The Morgan fingerprint density at radius 3 is 1.58 bits per heavy atom. The van der Waals surface area contributed by atoms with Crippen molar-refractivity contribution >= 4 is 51.5 Å². The van der Waals surface area contributed by atoms with E-state index in [2.05, 4.69) is 9.47 Å². The van der Waals surface area contributed by atoms with Gasteiger partial charge in [-0.2, -0.15) is 65.5 Å². The van der Waals surface area contributed by atoms with Crippen molar-refractivity contribution in [1.82, 2.24) is 0 Å². The van der Waals surface area contributed by atoms with Gasteiger partial charge in [0.05, 0.1) is 10.7 Å². The van der Waals surface area contributed by atoms with E-state index in [0.717, 1.165) is 11.8 Å². The van der Waals surface area contributed by atoms with Crippen LogP contribution < -0.4 is 0 Å². The van der Waals surface area contributed by atoms with Gasteiger partial charge in [-0.25, -0.2) is 18.8 Å². The van der Waals surface area contributed by atoms with Crippen LogP contribution in [0.3, 0.4) is 0 Å². The maximum absolute atomic E-state index is 14.7. The van der Waals surface area contributed by atoms with Gasteiger partial charge in [0.25, 0.3) is 0 Å². The standard InChI is InChI=1S/C24H22F14O9S3/c25-19(26,22(30,31)32)14(39)45-6-10-8-48-18(49-13(10)7-46-15(40)20(27,28)23(33,34)35)11-1-9-2-12(18)5-17(3-9,4-11)47-16(41)21(29,24(36,37)38)50(42,43)44/h9-13H,1-8H2,(H,42,43,44). The molecule has 0 amide bonds. The fraction of sp³-hybridized carbons (Fsp3) is 0.875. The van der Waals surface area contributed by atoms with Gasteiger partial charge in [-0.1, -0.05) is 0 Å². The Morgan fingerprint density at radius 1 is 0.700 bits per heavy atom. The average molecular weight is 817 g/mol. The smallest absolute Gasteiger partial charge is 0.461 e. The summed E-state index contributed by atoms with van der Waals surface area (Å²) in [5, 5.41) is -7.42. The van der Waals surface area contributed by atoms with Gasteiger partial charge in [-0.3, -0.25) is 4.55 Å². The van der Waals surface area contributed by atoms with E-state index in [1.165, 1.54) is 0 Å². The van der Waals surface area contributed by atoms with Crippen LogP contribution in [-0.4, -0.2) is 100 Å². The van der Waals surface area contributed by atoms with Crippen LogP contribution in [0, 0.1) is 23.7 Å². The molecule has 5 atom stereocenters. The minimum Gasteiger partial charge on any atom is -0.461 e. The van der Waals surface area contributed by atoms with Gasteiger partial charge in [0.15, 0.2) is 0 Å². The van der Waals surface area contributed by atoms with Crippen LogP contribution in [0.25, 0.3) is 0 Å². The number of hydrogen-bond donors (Lipinski definition) is 1. The first-order valence-electron chi connectivity index (χ1n) is 13.9. The summed E-state index contributed by atoms with van der Waals surface area (Å²) >= 11 is 1.58. The third-order valence-electron chi connectivity index (χ3n) is 8.98. The Morgan fingerprint density at radius 2 is 1.16 bits per heavy atom. The van der Waals surface area contributed by atoms with Crippen molar-refractivity contribution in [2.45, 2.75) is 82.4 Å². The molecule has 4 saturated carbocycles. The zero-order chi connectivity index (χ0) is 38.3. The number of ether oxygens (including phenoxy) is 3. The molecule has 0 aromatic heterocycles. The summed E-state index contributed by atoms with van der Waals surface area (Å²) in [5.74, 6) is -25.2. The molecule has 9 nitrogen and oxygen atoms in total. The third-order valence-corrected chi connectivity index (χ3v) is 14.3. The van der Waals surface area contributed by atoms with E-state index in [0.29, 0.717) is 11.8 Å². The molecule has 5 unspecified atom stereocenters. The second-order valence-electron chi connectivity index (χ2n) is 12.3. The second kappa shape index (κ2) is 12.6. The molecular weight excluding hydrogens is 794 g/mol. The number of carbonyl (C=O) groups is 3. The number of alkyl halides is 14. The van der Waals surface area contributed by atoms with Gasteiger partial charge in [0, 0.05) is 16.9 Å². The maximum Gasteiger partial charge on any atom is 0.465 e. The molecule has 4 bridgehead atoms. The third kappa shape index (κ3) is 6.82. The predicted octanol–water partition coefficient (Wildman–Crippen LogP) is 5.87. The lowest BCUT2D eigenvalue weighted by Gasteiger charge is -2.65. The minimum atomic E-state index is -6.79. The summed E-state index contributed by atoms with van der Waals surface area (Å²) in [6.07, 6.45) is -20.0. The molecule has 4 aliphatic carbocycles. The van der Waals surface area contributed by atoms with E-state index in [-0.39, 0.29) is 19.3 Å². The normalized spacial score (nSPS) is 33.1. The Bertz CT molecular complexity index is 1470. The number of carbonyl (C=O) groups excluding carboxylic acids is 3. The molecule has 0 aromatic rings. The van der Waals surface area contributed by atoms with Crippen molar-refractivity contribution in [2.75, 3.05) is 19.0 Å². The van der Waals surface area contributed by atoms with Crippen molar-refractivity contribution in [3.05, 3.63) is 0 Å². The zero-order valence-corrected chi connectivity index (χ0v) is 26.7. The summed E-state index contributed by atoms with van der Waals surface area (Å²) in [7, 11) is -6.79. The van der Waals surface area contributed by atoms with Crippen LogP contribution in [0.15, 0.2) is 0 Å². The number of halogens is 14. The first kappa shape index (κ1) is 40.8. The predicted molar refractivity (Wildman–Crippen MR) is 138 cm³/mol. The van der Waals surface area contributed by atoms with Crippen LogP contribution in [0.4, 0.5) is 61.5 Å². The van der Waals surface area contributed by atoms with E-state index in [1.54, 1.807) is 0 Å². The van der Waals surface area contributed by atoms with Crippen LogP contribution in [0.1, 0.15) is 32.1 Å². The number of hydrogen-bond acceptors (Lipinski definition) is 10. The van der Waals surface area contributed by atoms with Crippen LogP contribution in [-0.2, 0) is 38.7 Å². The molecular formula is C24H22F14O9S3. The van der Waals surface area contributed by atoms with E-state index in [9.17, 15) is 84.3 Å². The molecule has 1 N–H and O–H groups in total. The molecule has 0 aromatic carbocycles. The highest BCUT2D eigenvalue weighted by Gasteiger charge is 2.75. The van der Waals surface area contributed by atoms with Crippen molar-refractivity contribution in [1.29, 1.82) is 0 Å². The SMILES string of the molecule is O=C(OCC1CSC2(SC1COC(=O)C(F)(F)C(F)(F)F)C1CC3CC2CC(OC(=O)C(F)(C(F)(F)F)S(=O)(=O)O)(C3)C1)C(F)(F)C(F)(F)F. The fourth-order valence-electron chi connectivity index (χ4n) is 6.83. The quantitative estimate of drug-likeness (QED) is 0.130. The van der Waals surface area contributed by atoms with E-state index < -0.39 is 134 Å². The summed E-state index contributed by atoms with van der Waals surface area (Å²) < 4.78 is 228. The molecule has 1 aliphatic heterocycles. The highest BCUT2D eigenvalue weighted by molar-refractivity contribution is 8.19. The molecule has 288 valence electrons. The molecule has 0 radical (unpaired) electrons. The van der Waals surface area contributed by atoms with Gasteiger partial charge in [0.1, 0.15) is 12.2 Å². The van der Waals surface area contributed by atoms with Crippen LogP contribution >= 0.6 is 23.5 Å². The van der Waals surface area contributed by atoms with Gasteiger partial charge in [0.2, 0.25) is 0 Å². The second-order valence-corrected chi connectivity index (χ2v) is 16.9. The van der Waals surface area contributed by atoms with Gasteiger partial charge >= 0.3 is 63.4 Å². The van der Waals surface area contributed by atoms with Gasteiger partial charge in [-0.05, 0) is 49.9 Å².